The number of aliphatic imine (C=N–C) groups is 2. The lowest BCUT2D eigenvalue weighted by Crippen LogP contribution is -2.53. The number of rotatable bonds is 6. The molecule has 4 N–H and O–H groups in total. The molecule has 0 saturated heterocycles. The van der Waals surface area contributed by atoms with E-state index in [2.05, 4.69) is 16.9 Å². The van der Waals surface area contributed by atoms with Gasteiger partial charge in [0.2, 0.25) is 11.9 Å². The van der Waals surface area contributed by atoms with Gasteiger partial charge in [0.15, 0.2) is 5.66 Å². The van der Waals surface area contributed by atoms with Crippen LogP contribution in [-0.4, -0.2) is 29.3 Å². The summed E-state index contributed by atoms with van der Waals surface area (Å²) in [7, 11) is 0. The first kappa shape index (κ1) is 16.1. The fourth-order valence-corrected chi connectivity index (χ4v) is 2.13. The topological polar surface area (TPSA) is 98.5 Å². The number of nitrogens with zero attached hydrogens (tertiary/aromatic N) is 3. The summed E-state index contributed by atoms with van der Waals surface area (Å²) in [5, 5.41) is 1.46. The van der Waals surface area contributed by atoms with Crippen molar-refractivity contribution in [3.8, 4) is 5.75 Å². The van der Waals surface area contributed by atoms with Crippen LogP contribution in [0.15, 0.2) is 34.3 Å². The molecule has 0 atom stereocenters. The van der Waals surface area contributed by atoms with Gasteiger partial charge in [-0.2, -0.15) is 10.1 Å². The first-order valence-electron chi connectivity index (χ1n) is 7.27. The third-order valence-corrected chi connectivity index (χ3v) is 3.11. The molecule has 22 heavy (non-hydrogen) atoms. The maximum atomic E-state index is 5.89. The summed E-state index contributed by atoms with van der Waals surface area (Å²) in [6, 6.07) is 7.74. The van der Waals surface area contributed by atoms with Gasteiger partial charge in [0.25, 0.3) is 0 Å². The van der Waals surface area contributed by atoms with Crippen LogP contribution in [0.2, 0.25) is 0 Å². The van der Waals surface area contributed by atoms with Crippen molar-refractivity contribution >= 4 is 11.9 Å². The number of nitrogens with two attached hydrogens (primary N) is 2. The Balaban J connectivity index is 2.09. The Labute approximate surface area is 130 Å². The molecule has 0 saturated carbocycles. The number of hydroxylamine groups is 2. The van der Waals surface area contributed by atoms with Gasteiger partial charge in [0.05, 0.1) is 6.61 Å². The normalized spacial score (nSPS) is 17.0. The van der Waals surface area contributed by atoms with E-state index in [1.54, 1.807) is 0 Å². The highest BCUT2D eigenvalue weighted by atomic mass is 16.7. The number of benzene rings is 1. The standard InChI is InChI=1S/C15H23N5O2/c1-4-9-21-12-8-6-5-7-11(12)10-22-20-14(17)18-13(16)19-15(20,2)3/h5-8H,4,9-10H2,1-3H3,(H4,16,17,18,19). The maximum absolute atomic E-state index is 5.89. The average Bonchev–Trinajstić information content (AvgIpc) is 2.44. The van der Waals surface area contributed by atoms with Crippen molar-refractivity contribution in [2.75, 3.05) is 6.61 Å². The molecule has 0 fully saturated rings. The fraction of sp³-hybridized carbons (Fsp3) is 0.467. The van der Waals surface area contributed by atoms with Crippen molar-refractivity contribution in [2.24, 2.45) is 21.5 Å². The molecule has 7 heteroatoms. The van der Waals surface area contributed by atoms with Crippen molar-refractivity contribution in [2.45, 2.75) is 39.5 Å². The van der Waals surface area contributed by atoms with Crippen molar-refractivity contribution < 1.29 is 9.57 Å². The lowest BCUT2D eigenvalue weighted by Gasteiger charge is -2.36. The molecular weight excluding hydrogens is 282 g/mol. The van der Waals surface area contributed by atoms with Crippen LogP contribution < -0.4 is 16.2 Å². The minimum Gasteiger partial charge on any atom is -0.493 e. The van der Waals surface area contributed by atoms with Gasteiger partial charge in [-0.1, -0.05) is 25.1 Å². The zero-order valence-corrected chi connectivity index (χ0v) is 13.2. The molecular formula is C15H23N5O2. The van der Waals surface area contributed by atoms with Crippen molar-refractivity contribution in [1.29, 1.82) is 0 Å². The van der Waals surface area contributed by atoms with E-state index in [1.807, 2.05) is 38.1 Å². The third kappa shape index (κ3) is 3.67. The second-order valence-corrected chi connectivity index (χ2v) is 5.46. The highest BCUT2D eigenvalue weighted by Crippen LogP contribution is 2.24. The molecule has 1 heterocycles. The fourth-order valence-electron chi connectivity index (χ4n) is 2.13. The Hall–Kier alpha value is -2.28. The van der Waals surface area contributed by atoms with E-state index in [9.17, 15) is 0 Å². The summed E-state index contributed by atoms with van der Waals surface area (Å²) in [6.07, 6.45) is 0.946. The highest BCUT2D eigenvalue weighted by Gasteiger charge is 2.33. The molecule has 0 amide bonds. The van der Waals surface area contributed by atoms with Crippen molar-refractivity contribution in [1.82, 2.24) is 5.06 Å². The van der Waals surface area contributed by atoms with Gasteiger partial charge < -0.3 is 16.2 Å². The molecule has 1 aliphatic rings. The summed E-state index contributed by atoms with van der Waals surface area (Å²) in [4.78, 5) is 14.0. The predicted molar refractivity (Wildman–Crippen MR) is 86.2 cm³/mol. The minimum atomic E-state index is -0.713. The Kier molecular flexibility index (Phi) is 4.87. The molecule has 0 aliphatic carbocycles. The van der Waals surface area contributed by atoms with Gasteiger partial charge in [-0.3, -0.25) is 4.84 Å². The summed E-state index contributed by atoms with van der Waals surface area (Å²) < 4.78 is 5.71. The zero-order chi connectivity index (χ0) is 16.2. The van der Waals surface area contributed by atoms with E-state index in [0.29, 0.717) is 13.2 Å². The van der Waals surface area contributed by atoms with Gasteiger partial charge in [0, 0.05) is 5.56 Å². The second kappa shape index (κ2) is 6.65. The Morgan fingerprint density at radius 2 is 1.95 bits per heavy atom. The number of hydrogen-bond acceptors (Lipinski definition) is 7. The van der Waals surface area contributed by atoms with Crippen LogP contribution in [0.5, 0.6) is 5.75 Å². The maximum Gasteiger partial charge on any atom is 0.226 e. The van der Waals surface area contributed by atoms with Crippen molar-refractivity contribution in [3.05, 3.63) is 29.8 Å². The molecule has 7 nitrogen and oxygen atoms in total. The van der Waals surface area contributed by atoms with E-state index in [1.165, 1.54) is 5.06 Å². The number of para-hydroxylation sites is 1. The molecule has 1 aromatic carbocycles. The van der Waals surface area contributed by atoms with E-state index in [4.69, 9.17) is 21.0 Å². The smallest absolute Gasteiger partial charge is 0.226 e. The number of guanidine groups is 2. The minimum absolute atomic E-state index is 0.147. The van der Waals surface area contributed by atoms with Crippen LogP contribution in [0, 0.1) is 0 Å². The summed E-state index contributed by atoms with van der Waals surface area (Å²) in [5.41, 5.74) is 11.7. The van der Waals surface area contributed by atoms with Gasteiger partial charge >= 0.3 is 0 Å². The van der Waals surface area contributed by atoms with E-state index in [-0.39, 0.29) is 11.9 Å². The average molecular weight is 305 g/mol. The predicted octanol–water partition coefficient (Wildman–Crippen LogP) is 1.59. The quantitative estimate of drug-likeness (QED) is 0.831. The molecule has 0 radical (unpaired) electrons. The third-order valence-electron chi connectivity index (χ3n) is 3.11. The van der Waals surface area contributed by atoms with Crippen LogP contribution >= 0.6 is 0 Å². The van der Waals surface area contributed by atoms with Gasteiger partial charge in [-0.05, 0) is 26.3 Å². The second-order valence-electron chi connectivity index (χ2n) is 5.46. The van der Waals surface area contributed by atoms with Crippen molar-refractivity contribution in [3.63, 3.8) is 0 Å². The first-order valence-corrected chi connectivity index (χ1v) is 7.27. The highest BCUT2D eigenvalue weighted by molar-refractivity contribution is 5.95. The number of hydrogen-bond donors (Lipinski definition) is 2. The molecule has 1 aromatic rings. The molecule has 0 unspecified atom stereocenters. The first-order chi connectivity index (χ1) is 10.4. The summed E-state index contributed by atoms with van der Waals surface area (Å²) >= 11 is 0. The van der Waals surface area contributed by atoms with Crippen LogP contribution in [-0.2, 0) is 11.4 Å². The summed E-state index contributed by atoms with van der Waals surface area (Å²) in [5.74, 6) is 1.14. The lowest BCUT2D eigenvalue weighted by atomic mass is 10.2. The molecule has 0 bridgehead atoms. The Morgan fingerprint density at radius 3 is 2.64 bits per heavy atom. The lowest BCUT2D eigenvalue weighted by molar-refractivity contribution is -0.167. The molecule has 1 aliphatic heterocycles. The molecule has 0 spiro atoms. The Morgan fingerprint density at radius 1 is 1.23 bits per heavy atom. The van der Waals surface area contributed by atoms with E-state index < -0.39 is 5.66 Å². The monoisotopic (exact) mass is 305 g/mol. The van der Waals surface area contributed by atoms with Crippen LogP contribution in [0.1, 0.15) is 32.8 Å². The van der Waals surface area contributed by atoms with Crippen LogP contribution in [0.25, 0.3) is 0 Å². The van der Waals surface area contributed by atoms with Crippen LogP contribution in [0.4, 0.5) is 0 Å². The Bertz CT molecular complexity index is 583. The SMILES string of the molecule is CCCOc1ccccc1CON1C(N)=NC(N)=NC1(C)C. The van der Waals surface area contributed by atoms with Gasteiger partial charge in [-0.25, -0.2) is 4.99 Å². The van der Waals surface area contributed by atoms with Crippen LogP contribution in [0.3, 0.4) is 0 Å². The number of ether oxygens (including phenoxy) is 1. The molecule has 0 aromatic heterocycles. The van der Waals surface area contributed by atoms with Gasteiger partial charge in [-0.15, -0.1) is 0 Å². The zero-order valence-electron chi connectivity index (χ0n) is 13.2. The van der Waals surface area contributed by atoms with E-state index in [0.717, 1.165) is 17.7 Å². The van der Waals surface area contributed by atoms with E-state index >= 15 is 0 Å². The largest absolute Gasteiger partial charge is 0.493 e. The summed E-state index contributed by atoms with van der Waals surface area (Å²) in [6.45, 7) is 6.72. The molecule has 2 rings (SSSR count). The van der Waals surface area contributed by atoms with Gasteiger partial charge in [0.1, 0.15) is 12.4 Å². The molecule has 120 valence electrons.